The van der Waals surface area contributed by atoms with Gasteiger partial charge >= 0.3 is 6.09 Å². The van der Waals surface area contributed by atoms with E-state index >= 15 is 0 Å². The molecule has 0 aliphatic carbocycles. The molecule has 37 heavy (non-hydrogen) atoms. The number of amidine groups is 1. The number of aliphatic imine (C=N–C) groups is 1. The summed E-state index contributed by atoms with van der Waals surface area (Å²) in [5.74, 6) is -0.721. The Labute approximate surface area is 230 Å². The molecule has 0 aromatic heterocycles. The number of thioether (sulfide) groups is 1. The quantitative estimate of drug-likeness (QED) is 0.542. The Morgan fingerprint density at radius 1 is 1.14 bits per heavy atom. The van der Waals surface area contributed by atoms with Gasteiger partial charge < -0.3 is 15.0 Å². The van der Waals surface area contributed by atoms with Gasteiger partial charge in [0.15, 0.2) is 15.0 Å². The fourth-order valence-electron chi connectivity index (χ4n) is 4.20. The van der Waals surface area contributed by atoms with E-state index in [-0.39, 0.29) is 28.2 Å². The van der Waals surface area contributed by atoms with Gasteiger partial charge in [-0.15, -0.1) is 0 Å². The summed E-state index contributed by atoms with van der Waals surface area (Å²) in [4.78, 5) is 32.1. The summed E-state index contributed by atoms with van der Waals surface area (Å²) in [6, 6.07) is 12.8. The number of sulfone groups is 1. The van der Waals surface area contributed by atoms with Crippen LogP contribution in [-0.2, 0) is 25.8 Å². The lowest BCUT2D eigenvalue weighted by Gasteiger charge is -2.26. The van der Waals surface area contributed by atoms with Gasteiger partial charge in [-0.1, -0.05) is 71.4 Å². The Morgan fingerprint density at radius 2 is 1.84 bits per heavy atom. The number of ether oxygens (including phenoxy) is 1. The fourth-order valence-corrected chi connectivity index (χ4v) is 8.50. The van der Waals surface area contributed by atoms with Gasteiger partial charge in [0.2, 0.25) is 0 Å². The van der Waals surface area contributed by atoms with E-state index in [1.807, 2.05) is 30.3 Å². The minimum atomic E-state index is -3.26. The van der Waals surface area contributed by atoms with Crippen LogP contribution >= 0.6 is 35.0 Å². The molecule has 4 rings (SSSR count). The normalized spacial score (nSPS) is 22.5. The van der Waals surface area contributed by atoms with Crippen molar-refractivity contribution in [3.63, 3.8) is 0 Å². The highest BCUT2D eigenvalue weighted by Gasteiger charge is 2.50. The summed E-state index contributed by atoms with van der Waals surface area (Å²) in [6.45, 7) is 5.19. The number of amides is 2. The van der Waals surface area contributed by atoms with Gasteiger partial charge in [0, 0.05) is 11.7 Å². The fraction of sp³-hybridized carbons (Fsp3) is 0.400. The number of benzene rings is 2. The number of nitrogens with one attached hydrogen (secondary N) is 1. The van der Waals surface area contributed by atoms with Crippen molar-refractivity contribution in [2.45, 2.75) is 50.1 Å². The topological polar surface area (TPSA) is 105 Å². The van der Waals surface area contributed by atoms with Crippen LogP contribution in [0.15, 0.2) is 53.5 Å². The third-order valence-electron chi connectivity index (χ3n) is 5.73. The average molecular weight is 585 g/mol. The molecule has 2 aliphatic heterocycles. The predicted molar refractivity (Wildman–Crippen MR) is 149 cm³/mol. The van der Waals surface area contributed by atoms with Gasteiger partial charge in [-0.25, -0.2) is 13.2 Å². The molecular formula is C25H27Cl2N3O5S2. The molecule has 2 aromatic rings. The van der Waals surface area contributed by atoms with Gasteiger partial charge in [-0.3, -0.25) is 4.79 Å². The average Bonchev–Trinajstić information content (AvgIpc) is 3.25. The molecule has 0 unspecified atom stereocenters. The molecule has 0 saturated carbocycles. The Bertz CT molecular complexity index is 1330. The van der Waals surface area contributed by atoms with Crippen LogP contribution in [-0.4, -0.2) is 60.0 Å². The minimum absolute atomic E-state index is 0.0339. The second kappa shape index (κ2) is 10.8. The summed E-state index contributed by atoms with van der Waals surface area (Å²) >= 11 is 13.9. The SMILES string of the molecule is CC(C)(C)OC(=O)N[C@H](Cc1ccccc1)C(=O)N=C1S[C@@H]2CS(=O)(=O)C[C@@H]2N1c1cccc(Cl)c1Cl. The highest BCUT2D eigenvalue weighted by Crippen LogP contribution is 2.44. The third kappa shape index (κ3) is 6.79. The number of anilines is 1. The van der Waals surface area contributed by atoms with E-state index in [4.69, 9.17) is 27.9 Å². The van der Waals surface area contributed by atoms with Crippen LogP contribution in [0.3, 0.4) is 0 Å². The van der Waals surface area contributed by atoms with Crippen molar-refractivity contribution in [3.05, 3.63) is 64.1 Å². The maximum Gasteiger partial charge on any atom is 0.408 e. The van der Waals surface area contributed by atoms with Gasteiger partial charge in [0.05, 0.1) is 33.3 Å². The van der Waals surface area contributed by atoms with E-state index in [0.717, 1.165) is 5.56 Å². The van der Waals surface area contributed by atoms with Gasteiger partial charge in [0.1, 0.15) is 11.6 Å². The van der Waals surface area contributed by atoms with Crippen LogP contribution in [0.25, 0.3) is 0 Å². The molecule has 198 valence electrons. The second-order valence-electron chi connectivity index (χ2n) is 9.86. The lowest BCUT2D eigenvalue weighted by atomic mass is 10.1. The number of rotatable bonds is 5. The van der Waals surface area contributed by atoms with Crippen LogP contribution < -0.4 is 10.2 Å². The number of carbonyl (C=O) groups is 2. The summed E-state index contributed by atoms with van der Waals surface area (Å²) in [7, 11) is -3.26. The minimum Gasteiger partial charge on any atom is -0.444 e. The van der Waals surface area contributed by atoms with Crippen molar-refractivity contribution < 1.29 is 22.7 Å². The summed E-state index contributed by atoms with van der Waals surface area (Å²) in [5, 5.41) is 3.17. The summed E-state index contributed by atoms with van der Waals surface area (Å²) < 4.78 is 30.1. The molecule has 8 nitrogen and oxygen atoms in total. The van der Waals surface area contributed by atoms with Gasteiger partial charge in [0.25, 0.3) is 5.91 Å². The van der Waals surface area contributed by atoms with Gasteiger partial charge in [-0.05, 0) is 38.5 Å². The van der Waals surface area contributed by atoms with Crippen molar-refractivity contribution in [1.82, 2.24) is 5.32 Å². The monoisotopic (exact) mass is 583 g/mol. The zero-order valence-electron chi connectivity index (χ0n) is 20.5. The van der Waals surface area contributed by atoms with Crippen LogP contribution in [0.5, 0.6) is 0 Å². The first-order valence-corrected chi connectivity index (χ1v) is 15.0. The van der Waals surface area contributed by atoms with Crippen molar-refractivity contribution in [1.29, 1.82) is 0 Å². The molecule has 2 heterocycles. The lowest BCUT2D eigenvalue weighted by Crippen LogP contribution is -2.45. The first-order valence-electron chi connectivity index (χ1n) is 11.6. The molecule has 2 aromatic carbocycles. The van der Waals surface area contributed by atoms with E-state index in [1.165, 1.54) is 11.8 Å². The molecule has 2 fully saturated rings. The Morgan fingerprint density at radius 3 is 2.51 bits per heavy atom. The van der Waals surface area contributed by atoms with E-state index in [0.29, 0.717) is 15.9 Å². The standard InChI is InChI=1S/C25H27Cl2N3O5S2/c1-25(2,3)35-24(32)28-17(12-15-8-5-4-6-9-15)22(31)29-23-30(18-11-7-10-16(26)21(18)27)19-13-37(33,34)14-20(19)36-23/h4-11,17,19-20H,12-14H2,1-3H3,(H,28,32)/t17-,19+,20-/m1/s1. The maximum atomic E-state index is 13.5. The van der Waals surface area contributed by atoms with Crippen molar-refractivity contribution in [2.24, 2.45) is 4.99 Å². The van der Waals surface area contributed by atoms with Crippen molar-refractivity contribution in [3.8, 4) is 0 Å². The molecule has 1 N–H and O–H groups in total. The highest BCUT2D eigenvalue weighted by molar-refractivity contribution is 8.16. The highest BCUT2D eigenvalue weighted by atomic mass is 35.5. The molecule has 2 amide bonds. The first-order chi connectivity index (χ1) is 17.3. The van der Waals surface area contributed by atoms with E-state index in [2.05, 4.69) is 10.3 Å². The lowest BCUT2D eigenvalue weighted by molar-refractivity contribution is -0.119. The molecular weight excluding hydrogens is 557 g/mol. The number of alkyl carbamates (subject to hydrolysis) is 1. The second-order valence-corrected chi connectivity index (χ2v) is 14.0. The molecule has 0 radical (unpaired) electrons. The predicted octanol–water partition coefficient (Wildman–Crippen LogP) is 4.73. The number of nitrogens with zero attached hydrogens (tertiary/aromatic N) is 2. The van der Waals surface area contributed by atoms with Gasteiger partial charge in [-0.2, -0.15) is 4.99 Å². The number of halogens is 2. The number of carbonyl (C=O) groups excluding carboxylic acids is 2. The summed E-state index contributed by atoms with van der Waals surface area (Å²) in [5.41, 5.74) is 0.548. The largest absolute Gasteiger partial charge is 0.444 e. The molecule has 3 atom stereocenters. The maximum absolute atomic E-state index is 13.5. The molecule has 2 saturated heterocycles. The van der Waals surface area contributed by atoms with E-state index in [1.54, 1.807) is 43.9 Å². The number of hydrogen-bond donors (Lipinski definition) is 1. The Kier molecular flexibility index (Phi) is 8.13. The zero-order chi connectivity index (χ0) is 27.0. The first kappa shape index (κ1) is 27.8. The van der Waals surface area contributed by atoms with Crippen molar-refractivity contribution in [2.75, 3.05) is 16.4 Å². The number of fused-ring (bicyclic) bond motifs is 1. The zero-order valence-corrected chi connectivity index (χ0v) is 23.6. The molecule has 2 aliphatic rings. The molecule has 12 heteroatoms. The van der Waals surface area contributed by atoms with E-state index in [9.17, 15) is 18.0 Å². The Balaban J connectivity index is 1.68. The Hall–Kier alpha value is -2.27. The van der Waals surface area contributed by atoms with E-state index < -0.39 is 39.5 Å². The smallest absolute Gasteiger partial charge is 0.408 e. The third-order valence-corrected chi connectivity index (χ3v) is 9.75. The van der Waals surface area contributed by atoms with Crippen LogP contribution in [0.4, 0.5) is 10.5 Å². The van der Waals surface area contributed by atoms with Crippen LogP contribution in [0.1, 0.15) is 26.3 Å². The van der Waals surface area contributed by atoms with Crippen LogP contribution in [0, 0.1) is 0 Å². The summed E-state index contributed by atoms with van der Waals surface area (Å²) in [6.07, 6.45) is -0.543. The molecule has 0 spiro atoms. The number of hydrogen-bond acceptors (Lipinski definition) is 6. The van der Waals surface area contributed by atoms with Crippen molar-refractivity contribution >= 4 is 67.7 Å². The van der Waals surface area contributed by atoms with Crippen LogP contribution in [0.2, 0.25) is 10.0 Å². The molecule has 0 bridgehead atoms.